The number of aryl methyl sites for hydroxylation is 1. The minimum absolute atomic E-state index is 0.235. The first kappa shape index (κ1) is 12.4. The summed E-state index contributed by atoms with van der Waals surface area (Å²) in [6.07, 6.45) is 3.32. The molecule has 90 valence electrons. The lowest BCUT2D eigenvalue weighted by Gasteiger charge is -2.18. The molecule has 6 heteroatoms. The molecule has 0 aromatic carbocycles. The number of nitrogens with zero attached hydrogens (tertiary/aromatic N) is 3. The van der Waals surface area contributed by atoms with Gasteiger partial charge in [0.05, 0.1) is 10.7 Å². The highest BCUT2D eigenvalue weighted by molar-refractivity contribution is 9.10. The van der Waals surface area contributed by atoms with Gasteiger partial charge >= 0.3 is 0 Å². The number of hydrogen-bond donors (Lipinski definition) is 0. The van der Waals surface area contributed by atoms with Crippen molar-refractivity contribution < 1.29 is 4.42 Å². The summed E-state index contributed by atoms with van der Waals surface area (Å²) in [5, 5.41) is 0.235. The van der Waals surface area contributed by atoms with Crippen LogP contribution in [0.3, 0.4) is 0 Å². The Kier molecular flexibility index (Phi) is 3.69. The lowest BCUT2D eigenvalue weighted by molar-refractivity contribution is 0.529. The summed E-state index contributed by atoms with van der Waals surface area (Å²) < 4.78 is 6.07. The first-order valence-electron chi connectivity index (χ1n) is 5.00. The normalized spacial score (nSPS) is 10.6. The lowest BCUT2D eigenvalue weighted by atomic mass is 10.2. The van der Waals surface area contributed by atoms with Gasteiger partial charge in [-0.3, -0.25) is 0 Å². The van der Waals surface area contributed by atoms with Crippen molar-refractivity contribution in [2.75, 3.05) is 11.9 Å². The van der Waals surface area contributed by atoms with E-state index in [1.54, 1.807) is 12.5 Å². The van der Waals surface area contributed by atoms with Gasteiger partial charge in [-0.15, -0.1) is 0 Å². The smallest absolute Gasteiger partial charge is 0.224 e. The van der Waals surface area contributed by atoms with Gasteiger partial charge in [0, 0.05) is 25.4 Å². The standard InChI is InChI=1S/C11H11BrClN3O/c1-7-8(3-4-17-7)6-16(2)10-9(12)5-14-11(13)15-10/h3-5H,6H2,1-2H3. The number of hydrogen-bond acceptors (Lipinski definition) is 4. The first-order valence-corrected chi connectivity index (χ1v) is 6.17. The molecule has 0 saturated heterocycles. The molecule has 0 fully saturated rings. The Labute approximate surface area is 113 Å². The molecule has 2 aromatic heterocycles. The molecule has 0 bridgehead atoms. The second-order valence-corrected chi connectivity index (χ2v) is 4.86. The molecule has 2 rings (SSSR count). The SMILES string of the molecule is Cc1occc1CN(C)c1nc(Cl)ncc1Br. The molecule has 0 aliphatic carbocycles. The highest BCUT2D eigenvalue weighted by Crippen LogP contribution is 2.25. The van der Waals surface area contributed by atoms with Crippen molar-refractivity contribution in [2.24, 2.45) is 0 Å². The molecule has 0 aliphatic rings. The van der Waals surface area contributed by atoms with Crippen LogP contribution in [0.5, 0.6) is 0 Å². The molecule has 0 N–H and O–H groups in total. The predicted molar refractivity (Wildman–Crippen MR) is 70.3 cm³/mol. The zero-order valence-corrected chi connectivity index (χ0v) is 11.8. The zero-order valence-electron chi connectivity index (χ0n) is 9.44. The fraction of sp³-hybridized carbons (Fsp3) is 0.273. The van der Waals surface area contributed by atoms with Crippen molar-refractivity contribution in [3.8, 4) is 0 Å². The van der Waals surface area contributed by atoms with Gasteiger partial charge in [0.25, 0.3) is 0 Å². The topological polar surface area (TPSA) is 42.2 Å². The number of rotatable bonds is 3. The third-order valence-electron chi connectivity index (χ3n) is 2.43. The van der Waals surface area contributed by atoms with E-state index < -0.39 is 0 Å². The largest absolute Gasteiger partial charge is 0.469 e. The fourth-order valence-corrected chi connectivity index (χ4v) is 2.13. The van der Waals surface area contributed by atoms with Crippen LogP contribution in [0.25, 0.3) is 0 Å². The predicted octanol–water partition coefficient (Wildman–Crippen LogP) is 3.43. The molecule has 2 heterocycles. The van der Waals surface area contributed by atoms with E-state index in [0.717, 1.165) is 21.6 Å². The minimum Gasteiger partial charge on any atom is -0.469 e. The molecule has 0 spiro atoms. The molecule has 17 heavy (non-hydrogen) atoms. The molecule has 0 unspecified atom stereocenters. The summed E-state index contributed by atoms with van der Waals surface area (Å²) in [4.78, 5) is 10.1. The van der Waals surface area contributed by atoms with E-state index in [9.17, 15) is 0 Å². The minimum atomic E-state index is 0.235. The Balaban J connectivity index is 2.23. The fourth-order valence-electron chi connectivity index (χ4n) is 1.51. The number of halogens is 2. The lowest BCUT2D eigenvalue weighted by Crippen LogP contribution is -2.18. The Morgan fingerprint density at radius 1 is 1.53 bits per heavy atom. The van der Waals surface area contributed by atoms with Gasteiger partial charge in [-0.1, -0.05) is 0 Å². The monoisotopic (exact) mass is 315 g/mol. The van der Waals surface area contributed by atoms with Gasteiger partial charge in [0.1, 0.15) is 11.6 Å². The van der Waals surface area contributed by atoms with Gasteiger partial charge in [-0.2, -0.15) is 4.98 Å². The first-order chi connectivity index (χ1) is 8.08. The van der Waals surface area contributed by atoms with E-state index in [2.05, 4.69) is 25.9 Å². The average Bonchev–Trinajstić information content (AvgIpc) is 2.68. The maximum absolute atomic E-state index is 5.79. The van der Waals surface area contributed by atoms with E-state index >= 15 is 0 Å². The van der Waals surface area contributed by atoms with Crippen LogP contribution in [0.2, 0.25) is 5.28 Å². The zero-order chi connectivity index (χ0) is 12.4. The van der Waals surface area contributed by atoms with Crippen molar-refractivity contribution >= 4 is 33.3 Å². The van der Waals surface area contributed by atoms with Crippen LogP contribution in [0.4, 0.5) is 5.82 Å². The van der Waals surface area contributed by atoms with Crippen molar-refractivity contribution in [1.82, 2.24) is 9.97 Å². The molecule has 0 saturated carbocycles. The molecular weight excluding hydrogens is 305 g/mol. The van der Waals surface area contributed by atoms with Gasteiger partial charge < -0.3 is 9.32 Å². The van der Waals surface area contributed by atoms with Crippen LogP contribution >= 0.6 is 27.5 Å². The summed E-state index contributed by atoms with van der Waals surface area (Å²) in [7, 11) is 1.94. The van der Waals surface area contributed by atoms with Gasteiger partial charge in [0.2, 0.25) is 5.28 Å². The van der Waals surface area contributed by atoms with Crippen molar-refractivity contribution in [3.05, 3.63) is 39.6 Å². The Morgan fingerprint density at radius 2 is 2.29 bits per heavy atom. The molecule has 2 aromatic rings. The van der Waals surface area contributed by atoms with E-state index in [1.807, 2.05) is 24.9 Å². The second kappa shape index (κ2) is 5.06. The Hall–Kier alpha value is -1.07. The summed E-state index contributed by atoms with van der Waals surface area (Å²) in [5.74, 6) is 1.67. The van der Waals surface area contributed by atoms with Gasteiger partial charge in [0.15, 0.2) is 0 Å². The van der Waals surface area contributed by atoms with Crippen molar-refractivity contribution in [3.63, 3.8) is 0 Å². The van der Waals surface area contributed by atoms with E-state index in [-0.39, 0.29) is 5.28 Å². The van der Waals surface area contributed by atoms with Crippen LogP contribution in [-0.2, 0) is 6.54 Å². The third-order valence-corrected chi connectivity index (χ3v) is 3.17. The Bertz CT molecular complexity index is 529. The second-order valence-electron chi connectivity index (χ2n) is 3.67. The van der Waals surface area contributed by atoms with Gasteiger partial charge in [-0.05, 0) is 40.5 Å². The molecule has 4 nitrogen and oxygen atoms in total. The third kappa shape index (κ3) is 2.79. The van der Waals surface area contributed by atoms with Crippen molar-refractivity contribution in [1.29, 1.82) is 0 Å². The quantitative estimate of drug-likeness (QED) is 0.814. The molecule has 0 radical (unpaired) electrons. The van der Waals surface area contributed by atoms with Crippen LogP contribution in [0, 0.1) is 6.92 Å². The molecule has 0 atom stereocenters. The average molecular weight is 317 g/mol. The van der Waals surface area contributed by atoms with Gasteiger partial charge in [-0.25, -0.2) is 4.98 Å². The maximum Gasteiger partial charge on any atom is 0.224 e. The van der Waals surface area contributed by atoms with E-state index in [1.165, 1.54) is 0 Å². The summed E-state index contributed by atoms with van der Waals surface area (Å²) in [6.45, 7) is 2.64. The summed E-state index contributed by atoms with van der Waals surface area (Å²) in [6, 6.07) is 1.95. The van der Waals surface area contributed by atoms with Crippen LogP contribution < -0.4 is 4.90 Å². The van der Waals surface area contributed by atoms with Crippen LogP contribution in [0.15, 0.2) is 27.4 Å². The molecular formula is C11H11BrClN3O. The number of furan rings is 1. The molecule has 0 amide bonds. The molecule has 0 aliphatic heterocycles. The van der Waals surface area contributed by atoms with E-state index in [0.29, 0.717) is 6.54 Å². The van der Waals surface area contributed by atoms with Crippen molar-refractivity contribution in [2.45, 2.75) is 13.5 Å². The van der Waals surface area contributed by atoms with Crippen LogP contribution in [-0.4, -0.2) is 17.0 Å². The number of anilines is 1. The highest BCUT2D eigenvalue weighted by Gasteiger charge is 2.11. The number of aromatic nitrogens is 2. The summed E-state index contributed by atoms with van der Waals surface area (Å²) >= 11 is 9.19. The highest BCUT2D eigenvalue weighted by atomic mass is 79.9. The van der Waals surface area contributed by atoms with E-state index in [4.69, 9.17) is 16.0 Å². The Morgan fingerprint density at radius 3 is 2.94 bits per heavy atom. The summed E-state index contributed by atoms with van der Waals surface area (Å²) in [5.41, 5.74) is 1.12. The maximum atomic E-state index is 5.79. The van der Waals surface area contributed by atoms with Crippen LogP contribution in [0.1, 0.15) is 11.3 Å².